The van der Waals surface area contributed by atoms with Gasteiger partial charge in [-0.05, 0) is 24.8 Å². The highest BCUT2D eigenvalue weighted by molar-refractivity contribution is 5.79. The average molecular weight is 332 g/mol. The molecule has 1 aliphatic carbocycles. The minimum Gasteiger partial charge on any atom is -0.394 e. The van der Waals surface area contributed by atoms with Gasteiger partial charge in [-0.2, -0.15) is 5.10 Å². The predicted molar refractivity (Wildman–Crippen MR) is 85.9 cm³/mol. The van der Waals surface area contributed by atoms with E-state index in [1.54, 1.807) is 4.52 Å². The lowest BCUT2D eigenvalue weighted by molar-refractivity contribution is -0.0244. The number of ether oxygens (including phenoxy) is 1. The molecule has 2 aromatic rings. The molecule has 3 heterocycles. The number of aliphatic hydroxyl groups is 3. The van der Waals surface area contributed by atoms with Gasteiger partial charge in [-0.15, -0.1) is 0 Å². The van der Waals surface area contributed by atoms with Gasteiger partial charge in [0.2, 0.25) is 0 Å². The van der Waals surface area contributed by atoms with Gasteiger partial charge < -0.3 is 25.8 Å². The summed E-state index contributed by atoms with van der Waals surface area (Å²) >= 11 is 0. The van der Waals surface area contributed by atoms with Gasteiger partial charge in [-0.1, -0.05) is 12.2 Å². The summed E-state index contributed by atoms with van der Waals surface area (Å²) in [6, 6.07) is 1.83. The molecule has 8 heteroatoms. The van der Waals surface area contributed by atoms with E-state index >= 15 is 0 Å². The van der Waals surface area contributed by atoms with Crippen molar-refractivity contribution < 1.29 is 20.1 Å². The van der Waals surface area contributed by atoms with Crippen LogP contribution in [0.3, 0.4) is 0 Å². The lowest BCUT2D eigenvalue weighted by Crippen LogP contribution is -2.32. The Labute approximate surface area is 138 Å². The van der Waals surface area contributed by atoms with E-state index in [9.17, 15) is 15.3 Å². The van der Waals surface area contributed by atoms with Crippen LogP contribution in [-0.2, 0) is 4.74 Å². The lowest BCUT2D eigenvalue weighted by atomic mass is 10.1. The Morgan fingerprint density at radius 2 is 2.12 bits per heavy atom. The van der Waals surface area contributed by atoms with E-state index in [4.69, 9.17) is 10.5 Å². The van der Waals surface area contributed by atoms with Crippen molar-refractivity contribution in [3.05, 3.63) is 29.7 Å². The van der Waals surface area contributed by atoms with E-state index in [0.717, 1.165) is 5.56 Å². The van der Waals surface area contributed by atoms with Crippen LogP contribution in [0.4, 0.5) is 5.82 Å². The molecule has 2 aliphatic rings. The maximum Gasteiger partial charge on any atom is 0.151 e. The molecule has 128 valence electrons. The molecule has 1 saturated carbocycles. The molecule has 5 N–H and O–H groups in total. The predicted octanol–water partition coefficient (Wildman–Crippen LogP) is -0.111. The van der Waals surface area contributed by atoms with Crippen LogP contribution in [0.5, 0.6) is 0 Å². The summed E-state index contributed by atoms with van der Waals surface area (Å²) in [6.07, 6.45) is 3.88. The van der Waals surface area contributed by atoms with E-state index in [1.807, 2.05) is 12.1 Å². The second-order valence-electron chi connectivity index (χ2n) is 6.39. The van der Waals surface area contributed by atoms with Crippen molar-refractivity contribution in [3.63, 3.8) is 0 Å². The fourth-order valence-corrected chi connectivity index (χ4v) is 3.12. The van der Waals surface area contributed by atoms with Crippen molar-refractivity contribution in [1.82, 2.24) is 14.6 Å². The van der Waals surface area contributed by atoms with E-state index < -0.39 is 24.4 Å². The summed E-state index contributed by atoms with van der Waals surface area (Å²) in [5.74, 6) is 0.932. The molecule has 0 aromatic carbocycles. The van der Waals surface area contributed by atoms with E-state index in [0.29, 0.717) is 22.9 Å². The summed E-state index contributed by atoms with van der Waals surface area (Å²) < 4.78 is 7.20. The maximum absolute atomic E-state index is 10.3. The molecule has 2 aromatic heterocycles. The van der Waals surface area contributed by atoms with Crippen LogP contribution in [0.25, 0.3) is 11.6 Å². The Hall–Kier alpha value is -2.00. The lowest BCUT2D eigenvalue weighted by Gasteiger charge is -2.14. The summed E-state index contributed by atoms with van der Waals surface area (Å²) in [5.41, 5.74) is 8.06. The fraction of sp³-hybridized carbons (Fsp3) is 0.500. The number of nitrogens with zero attached hydrogens (tertiary/aromatic N) is 3. The molecule has 0 amide bonds. The Morgan fingerprint density at radius 3 is 2.79 bits per heavy atom. The van der Waals surface area contributed by atoms with Crippen LogP contribution in [0.1, 0.15) is 30.2 Å². The third kappa shape index (κ3) is 2.48. The van der Waals surface area contributed by atoms with Gasteiger partial charge in [0.05, 0.1) is 12.3 Å². The molecule has 8 nitrogen and oxygen atoms in total. The molecule has 0 bridgehead atoms. The van der Waals surface area contributed by atoms with Gasteiger partial charge in [-0.25, -0.2) is 9.50 Å². The zero-order valence-electron chi connectivity index (χ0n) is 13.0. The largest absolute Gasteiger partial charge is 0.394 e. The van der Waals surface area contributed by atoms with E-state index in [2.05, 4.69) is 16.2 Å². The molecular formula is C16H20N4O4. The average Bonchev–Trinajstić information content (AvgIpc) is 3.27. The first-order chi connectivity index (χ1) is 11.6. The topological polar surface area (TPSA) is 126 Å². The molecule has 24 heavy (non-hydrogen) atoms. The molecule has 1 saturated heterocycles. The molecule has 0 radical (unpaired) electrons. The van der Waals surface area contributed by atoms with Crippen molar-refractivity contribution in [2.75, 3.05) is 12.3 Å². The number of allylic oxidation sites excluding steroid dienone is 1. The number of aliphatic hydroxyl groups excluding tert-OH is 3. The summed E-state index contributed by atoms with van der Waals surface area (Å²) in [6.45, 7) is -0.371. The van der Waals surface area contributed by atoms with Gasteiger partial charge in [0.15, 0.2) is 5.82 Å². The number of nitrogen functional groups attached to an aromatic ring is 1. The number of nitrogens with two attached hydrogens (primary N) is 1. The number of anilines is 1. The first-order valence-electron chi connectivity index (χ1n) is 8.03. The summed E-state index contributed by atoms with van der Waals surface area (Å²) in [4.78, 5) is 4.03. The highest BCUT2D eigenvalue weighted by Crippen LogP contribution is 2.37. The second-order valence-corrected chi connectivity index (χ2v) is 6.39. The maximum atomic E-state index is 10.3. The van der Waals surface area contributed by atoms with Gasteiger partial charge in [0, 0.05) is 5.56 Å². The number of hydrogen-bond acceptors (Lipinski definition) is 7. The minimum atomic E-state index is -1.16. The van der Waals surface area contributed by atoms with Crippen LogP contribution < -0.4 is 5.73 Å². The summed E-state index contributed by atoms with van der Waals surface area (Å²) in [7, 11) is 0. The number of hydrogen-bond donors (Lipinski definition) is 4. The first-order valence-corrected chi connectivity index (χ1v) is 8.03. The molecule has 4 atom stereocenters. The van der Waals surface area contributed by atoms with Crippen molar-refractivity contribution >= 4 is 17.4 Å². The van der Waals surface area contributed by atoms with Gasteiger partial charge >= 0.3 is 0 Å². The molecular weight excluding hydrogens is 312 g/mol. The Balaban J connectivity index is 1.79. The number of rotatable bonds is 4. The molecule has 0 unspecified atom stereocenters. The Morgan fingerprint density at radius 1 is 1.33 bits per heavy atom. The number of aromatic nitrogens is 3. The zero-order chi connectivity index (χ0) is 16.8. The Bertz CT molecular complexity index is 786. The third-order valence-corrected chi connectivity index (χ3v) is 4.64. The first kappa shape index (κ1) is 15.5. The number of fused-ring (bicyclic) bond motifs is 1. The smallest absolute Gasteiger partial charge is 0.151 e. The molecule has 0 spiro atoms. The van der Waals surface area contributed by atoms with Crippen molar-refractivity contribution in [3.8, 4) is 0 Å². The van der Waals surface area contributed by atoms with Crippen molar-refractivity contribution in [2.45, 2.75) is 37.3 Å². The highest BCUT2D eigenvalue weighted by atomic mass is 16.6. The van der Waals surface area contributed by atoms with Crippen LogP contribution >= 0.6 is 0 Å². The Kier molecular flexibility index (Phi) is 3.76. The van der Waals surface area contributed by atoms with Gasteiger partial charge in [0.1, 0.15) is 36.3 Å². The van der Waals surface area contributed by atoms with Crippen LogP contribution in [0, 0.1) is 5.92 Å². The quantitative estimate of drug-likeness (QED) is 0.615. The molecule has 1 aliphatic heterocycles. The summed E-state index contributed by atoms with van der Waals surface area (Å²) in [5, 5.41) is 33.8. The fourth-order valence-electron chi connectivity index (χ4n) is 3.12. The molecule has 4 rings (SSSR count). The second kappa shape index (κ2) is 5.82. The van der Waals surface area contributed by atoms with Crippen LogP contribution in [-0.4, -0.2) is 54.8 Å². The normalized spacial score (nSPS) is 30.6. The monoisotopic (exact) mass is 332 g/mol. The van der Waals surface area contributed by atoms with E-state index in [1.165, 1.54) is 19.2 Å². The van der Waals surface area contributed by atoms with Crippen molar-refractivity contribution in [2.24, 2.45) is 5.92 Å². The van der Waals surface area contributed by atoms with Crippen LogP contribution in [0.2, 0.25) is 0 Å². The van der Waals surface area contributed by atoms with Gasteiger partial charge in [0.25, 0.3) is 0 Å². The molecule has 2 fully saturated rings. The standard InChI is InChI=1S/C16H20N4O4/c17-16-12-9(4-3-8-1-2-8)5-10(20(12)19-7-18-16)15-14(23)13(22)11(6-21)24-15/h3-5,7-8,11,13-15,21-23H,1-2,6H2,(H2,17,18,19)/b4-3+/t11-,13-,14-,15+/m1/s1. The zero-order valence-corrected chi connectivity index (χ0v) is 13.0. The van der Waals surface area contributed by atoms with Crippen LogP contribution in [0.15, 0.2) is 18.5 Å². The third-order valence-electron chi connectivity index (χ3n) is 4.64. The van der Waals surface area contributed by atoms with Crippen molar-refractivity contribution in [1.29, 1.82) is 0 Å². The SMILES string of the molecule is Nc1ncnn2c([C@@H]3O[C@H](CO)[C@@H](O)[C@H]3O)cc(/C=C/C3CC3)c12. The van der Waals surface area contributed by atoms with Gasteiger partial charge in [-0.3, -0.25) is 0 Å². The minimum absolute atomic E-state index is 0.332. The highest BCUT2D eigenvalue weighted by Gasteiger charge is 2.44. The van der Waals surface area contributed by atoms with E-state index in [-0.39, 0.29) is 6.61 Å².